The fourth-order valence-electron chi connectivity index (χ4n) is 9.89. The highest BCUT2D eigenvalue weighted by molar-refractivity contribution is 5.76. The van der Waals surface area contributed by atoms with Gasteiger partial charge >= 0.3 is 0 Å². The van der Waals surface area contributed by atoms with E-state index in [1.54, 1.807) is 0 Å². The van der Waals surface area contributed by atoms with Crippen molar-refractivity contribution >= 4 is 5.91 Å². The van der Waals surface area contributed by atoms with Gasteiger partial charge in [-0.1, -0.05) is 321 Å². The maximum atomic E-state index is 12.5. The first-order valence-corrected chi connectivity index (χ1v) is 30.4. The standard InChI is InChI=1S/C61H121NO3/c1-3-5-7-9-11-13-15-17-19-21-23-25-27-29-30-31-33-34-36-38-40-42-44-46-48-50-52-54-56-60(64)59(58-63)62-61(65)57-55-53-51-49-47-45-43-41-39-37-35-32-28-26-24-22-20-18-16-14-12-10-8-6-4-2/h22,24,59-60,63-64H,3-21,23,25-58H2,1-2H3,(H,62,65)/b24-22-. The first-order chi connectivity index (χ1) is 32.2. The SMILES string of the molecule is CCCCCCCCCC/C=C\CCCCCCCCCCCCCCCC(=O)NC(CO)C(O)CCCCCCCCCCCCCCCCCCCCCCCCCCCCCC. The lowest BCUT2D eigenvalue weighted by Gasteiger charge is -2.22. The minimum absolute atomic E-state index is 0.0240. The maximum absolute atomic E-state index is 12.5. The molecule has 4 nitrogen and oxygen atoms in total. The molecule has 1 amide bonds. The van der Waals surface area contributed by atoms with E-state index in [4.69, 9.17) is 0 Å². The Hall–Kier alpha value is -0.870. The minimum Gasteiger partial charge on any atom is -0.394 e. The molecule has 2 unspecified atom stereocenters. The van der Waals surface area contributed by atoms with E-state index in [-0.39, 0.29) is 12.5 Å². The Kier molecular flexibility index (Phi) is 56.7. The summed E-state index contributed by atoms with van der Waals surface area (Å²) in [7, 11) is 0. The summed E-state index contributed by atoms with van der Waals surface area (Å²) in [5.41, 5.74) is 0. The van der Waals surface area contributed by atoms with Gasteiger partial charge in [0.05, 0.1) is 18.8 Å². The molecular weight excluding hydrogens is 795 g/mol. The van der Waals surface area contributed by atoms with Crippen molar-refractivity contribution < 1.29 is 15.0 Å². The highest BCUT2D eigenvalue weighted by Gasteiger charge is 2.20. The number of allylic oxidation sites excluding steroid dienone is 2. The van der Waals surface area contributed by atoms with Gasteiger partial charge in [-0.2, -0.15) is 0 Å². The molecule has 0 radical (unpaired) electrons. The molecule has 0 aromatic carbocycles. The van der Waals surface area contributed by atoms with Gasteiger partial charge in [-0.25, -0.2) is 0 Å². The van der Waals surface area contributed by atoms with Crippen LogP contribution < -0.4 is 5.32 Å². The monoisotopic (exact) mass is 916 g/mol. The maximum Gasteiger partial charge on any atom is 0.220 e. The van der Waals surface area contributed by atoms with Gasteiger partial charge < -0.3 is 15.5 Å². The first-order valence-electron chi connectivity index (χ1n) is 30.4. The quantitative estimate of drug-likeness (QED) is 0.0421. The number of aliphatic hydroxyl groups excluding tert-OH is 2. The van der Waals surface area contributed by atoms with E-state index >= 15 is 0 Å². The van der Waals surface area contributed by atoms with Gasteiger partial charge in [0.1, 0.15) is 0 Å². The third kappa shape index (κ3) is 53.9. The van der Waals surface area contributed by atoms with Crippen molar-refractivity contribution in [2.75, 3.05) is 6.61 Å². The molecule has 0 fully saturated rings. The molecule has 0 aromatic heterocycles. The van der Waals surface area contributed by atoms with Crippen LogP contribution in [-0.4, -0.2) is 34.9 Å². The third-order valence-electron chi connectivity index (χ3n) is 14.5. The predicted octanol–water partition coefficient (Wildman–Crippen LogP) is 20.1. The van der Waals surface area contributed by atoms with E-state index in [1.165, 1.54) is 302 Å². The molecule has 4 heteroatoms. The van der Waals surface area contributed by atoms with Crippen molar-refractivity contribution in [3.05, 3.63) is 12.2 Å². The molecule has 0 saturated carbocycles. The molecule has 388 valence electrons. The van der Waals surface area contributed by atoms with E-state index in [1.807, 2.05) is 0 Å². The summed E-state index contributed by atoms with van der Waals surface area (Å²) in [4.78, 5) is 12.5. The number of rotatable bonds is 57. The number of unbranched alkanes of at least 4 members (excludes halogenated alkanes) is 48. The van der Waals surface area contributed by atoms with Crippen LogP contribution in [0.1, 0.15) is 354 Å². The van der Waals surface area contributed by atoms with Crippen LogP contribution >= 0.6 is 0 Å². The van der Waals surface area contributed by atoms with Gasteiger partial charge in [-0.15, -0.1) is 0 Å². The summed E-state index contributed by atoms with van der Waals surface area (Å²) >= 11 is 0. The van der Waals surface area contributed by atoms with Crippen LogP contribution in [0.15, 0.2) is 12.2 Å². The molecule has 0 aliphatic heterocycles. The Bertz CT molecular complexity index is 905. The molecule has 0 aromatic rings. The normalized spacial score (nSPS) is 12.7. The Labute approximate surface area is 409 Å². The molecule has 3 N–H and O–H groups in total. The fourth-order valence-corrected chi connectivity index (χ4v) is 9.89. The number of amides is 1. The van der Waals surface area contributed by atoms with Crippen LogP contribution in [0.3, 0.4) is 0 Å². The summed E-state index contributed by atoms with van der Waals surface area (Å²) < 4.78 is 0. The molecule has 65 heavy (non-hydrogen) atoms. The molecule has 0 spiro atoms. The summed E-state index contributed by atoms with van der Waals surface area (Å²) in [6, 6.07) is -0.534. The highest BCUT2D eigenvalue weighted by atomic mass is 16.3. The summed E-state index contributed by atoms with van der Waals surface area (Å²) in [6.45, 7) is 4.40. The zero-order valence-electron chi connectivity index (χ0n) is 44.8. The second-order valence-corrected chi connectivity index (χ2v) is 21.1. The lowest BCUT2D eigenvalue weighted by molar-refractivity contribution is -0.123. The molecule has 0 aliphatic carbocycles. The van der Waals surface area contributed by atoms with Crippen LogP contribution in [0, 0.1) is 0 Å². The van der Waals surface area contributed by atoms with Crippen LogP contribution in [0.5, 0.6) is 0 Å². The molecular formula is C61H121NO3. The van der Waals surface area contributed by atoms with Crippen molar-refractivity contribution in [3.63, 3.8) is 0 Å². The Morgan fingerprint density at radius 3 is 0.846 bits per heavy atom. The third-order valence-corrected chi connectivity index (χ3v) is 14.5. The van der Waals surface area contributed by atoms with E-state index in [2.05, 4.69) is 31.3 Å². The zero-order chi connectivity index (χ0) is 47.0. The van der Waals surface area contributed by atoms with Crippen LogP contribution in [0.25, 0.3) is 0 Å². The first kappa shape index (κ1) is 64.1. The molecule has 0 aliphatic rings. The zero-order valence-corrected chi connectivity index (χ0v) is 44.8. The van der Waals surface area contributed by atoms with Gasteiger partial charge in [0.25, 0.3) is 0 Å². The molecule has 2 atom stereocenters. The van der Waals surface area contributed by atoms with Crippen molar-refractivity contribution in [1.29, 1.82) is 0 Å². The Morgan fingerprint density at radius 2 is 0.585 bits per heavy atom. The lowest BCUT2D eigenvalue weighted by atomic mass is 10.0. The Morgan fingerprint density at radius 1 is 0.354 bits per heavy atom. The molecule has 0 rings (SSSR count). The molecule has 0 heterocycles. The number of nitrogens with one attached hydrogen (secondary N) is 1. The number of hydrogen-bond acceptors (Lipinski definition) is 3. The highest BCUT2D eigenvalue weighted by Crippen LogP contribution is 2.18. The second kappa shape index (κ2) is 57.4. The van der Waals surface area contributed by atoms with Gasteiger partial charge in [0.15, 0.2) is 0 Å². The second-order valence-electron chi connectivity index (χ2n) is 21.1. The van der Waals surface area contributed by atoms with Gasteiger partial charge in [-0.05, 0) is 38.5 Å². The number of carbonyl (C=O) groups is 1. The van der Waals surface area contributed by atoms with E-state index in [9.17, 15) is 15.0 Å². The lowest BCUT2D eigenvalue weighted by Crippen LogP contribution is -2.45. The van der Waals surface area contributed by atoms with Crippen LogP contribution in [-0.2, 0) is 4.79 Å². The fraction of sp³-hybridized carbons (Fsp3) is 0.951. The van der Waals surface area contributed by atoms with Crippen molar-refractivity contribution in [2.24, 2.45) is 0 Å². The average Bonchev–Trinajstić information content (AvgIpc) is 3.31. The Balaban J connectivity index is 3.40. The van der Waals surface area contributed by atoms with Crippen LogP contribution in [0.4, 0.5) is 0 Å². The summed E-state index contributed by atoms with van der Waals surface area (Å²) in [5.74, 6) is -0.0240. The average molecular weight is 917 g/mol. The van der Waals surface area contributed by atoms with Crippen molar-refractivity contribution in [3.8, 4) is 0 Å². The number of hydrogen-bond donors (Lipinski definition) is 3. The van der Waals surface area contributed by atoms with E-state index in [0.717, 1.165) is 25.7 Å². The number of carbonyl (C=O) groups excluding carboxylic acids is 1. The van der Waals surface area contributed by atoms with Crippen LogP contribution in [0.2, 0.25) is 0 Å². The largest absolute Gasteiger partial charge is 0.394 e. The molecule has 0 saturated heterocycles. The summed E-state index contributed by atoms with van der Waals surface area (Å²) in [5, 5.41) is 23.4. The molecule has 0 bridgehead atoms. The van der Waals surface area contributed by atoms with Gasteiger partial charge in [-0.3, -0.25) is 4.79 Å². The summed E-state index contributed by atoms with van der Waals surface area (Å²) in [6.07, 6.45) is 75.1. The van der Waals surface area contributed by atoms with Gasteiger partial charge in [0, 0.05) is 6.42 Å². The predicted molar refractivity (Wildman–Crippen MR) is 290 cm³/mol. The van der Waals surface area contributed by atoms with Gasteiger partial charge in [0.2, 0.25) is 5.91 Å². The smallest absolute Gasteiger partial charge is 0.220 e. The minimum atomic E-state index is -0.658. The number of aliphatic hydroxyl groups is 2. The van der Waals surface area contributed by atoms with Crippen molar-refractivity contribution in [1.82, 2.24) is 5.32 Å². The van der Waals surface area contributed by atoms with E-state index < -0.39 is 12.1 Å². The van der Waals surface area contributed by atoms with E-state index in [0.29, 0.717) is 12.8 Å². The topological polar surface area (TPSA) is 69.6 Å². The van der Waals surface area contributed by atoms with Crippen molar-refractivity contribution in [2.45, 2.75) is 366 Å².